The van der Waals surface area contributed by atoms with E-state index in [0.29, 0.717) is 0 Å². The van der Waals surface area contributed by atoms with Gasteiger partial charge in [-0.3, -0.25) is 4.99 Å². The van der Waals surface area contributed by atoms with Crippen LogP contribution in [0, 0.1) is 0 Å². The SMILES string of the molecule is CCNC(=NCC1(N(C)C)CCOCC1)N1CCN(c2ccccc2Cl)CC1. The van der Waals surface area contributed by atoms with Crippen LogP contribution in [0.2, 0.25) is 5.02 Å². The van der Waals surface area contributed by atoms with Crippen LogP contribution in [-0.4, -0.2) is 87.9 Å². The summed E-state index contributed by atoms with van der Waals surface area (Å²) in [6.07, 6.45) is 2.06. The lowest BCUT2D eigenvalue weighted by atomic mass is 9.89. The number of guanidine groups is 1. The summed E-state index contributed by atoms with van der Waals surface area (Å²) in [5, 5.41) is 4.32. The molecule has 0 radical (unpaired) electrons. The van der Waals surface area contributed by atoms with Crippen LogP contribution in [-0.2, 0) is 4.74 Å². The Kier molecular flexibility index (Phi) is 7.43. The molecule has 0 aliphatic carbocycles. The fourth-order valence-electron chi connectivity index (χ4n) is 4.01. The first-order chi connectivity index (χ1) is 13.6. The second kappa shape index (κ2) is 9.81. The van der Waals surface area contributed by atoms with Crippen LogP contribution in [0.4, 0.5) is 5.69 Å². The van der Waals surface area contributed by atoms with E-state index in [2.05, 4.69) is 47.1 Å². The third-order valence-electron chi connectivity index (χ3n) is 6.00. The van der Waals surface area contributed by atoms with Crippen molar-refractivity contribution >= 4 is 23.2 Å². The summed E-state index contributed by atoms with van der Waals surface area (Å²) in [6.45, 7) is 9.22. The van der Waals surface area contributed by atoms with Gasteiger partial charge in [-0.25, -0.2) is 0 Å². The number of rotatable bonds is 5. The average Bonchev–Trinajstić information content (AvgIpc) is 2.72. The van der Waals surface area contributed by atoms with Crippen molar-refractivity contribution in [1.29, 1.82) is 0 Å². The van der Waals surface area contributed by atoms with E-state index in [-0.39, 0.29) is 5.54 Å². The highest BCUT2D eigenvalue weighted by Crippen LogP contribution is 2.27. The first-order valence-electron chi connectivity index (χ1n) is 10.3. The molecule has 0 aromatic heterocycles. The number of aliphatic imine (C=N–C) groups is 1. The molecule has 0 atom stereocenters. The summed E-state index contributed by atoms with van der Waals surface area (Å²) >= 11 is 6.38. The molecule has 156 valence electrons. The van der Waals surface area contributed by atoms with E-state index < -0.39 is 0 Å². The van der Waals surface area contributed by atoms with Crippen molar-refractivity contribution in [1.82, 2.24) is 15.1 Å². The molecule has 28 heavy (non-hydrogen) atoms. The Morgan fingerprint density at radius 2 is 1.86 bits per heavy atom. The monoisotopic (exact) mass is 407 g/mol. The summed E-state index contributed by atoms with van der Waals surface area (Å²) in [7, 11) is 4.33. The highest BCUT2D eigenvalue weighted by molar-refractivity contribution is 6.33. The van der Waals surface area contributed by atoms with E-state index in [9.17, 15) is 0 Å². The van der Waals surface area contributed by atoms with Gasteiger partial charge in [0.15, 0.2) is 5.96 Å². The smallest absolute Gasteiger partial charge is 0.194 e. The average molecular weight is 408 g/mol. The molecule has 2 aliphatic heterocycles. The molecule has 0 spiro atoms. The summed E-state index contributed by atoms with van der Waals surface area (Å²) in [5.41, 5.74) is 1.22. The summed E-state index contributed by atoms with van der Waals surface area (Å²) < 4.78 is 5.59. The van der Waals surface area contributed by atoms with Gasteiger partial charge in [-0.15, -0.1) is 0 Å². The molecule has 1 N–H and O–H groups in total. The van der Waals surface area contributed by atoms with E-state index in [1.807, 2.05) is 18.2 Å². The largest absolute Gasteiger partial charge is 0.381 e. The lowest BCUT2D eigenvalue weighted by Gasteiger charge is -2.42. The Hall–Kier alpha value is -1.50. The van der Waals surface area contributed by atoms with E-state index >= 15 is 0 Å². The van der Waals surface area contributed by atoms with Crippen molar-refractivity contribution < 1.29 is 4.74 Å². The number of para-hydroxylation sites is 1. The van der Waals surface area contributed by atoms with Gasteiger partial charge in [-0.2, -0.15) is 0 Å². The molecule has 2 aliphatic rings. The lowest BCUT2D eigenvalue weighted by Crippen LogP contribution is -2.54. The number of hydrogen-bond donors (Lipinski definition) is 1. The van der Waals surface area contributed by atoms with Crippen molar-refractivity contribution in [3.63, 3.8) is 0 Å². The highest BCUT2D eigenvalue weighted by Gasteiger charge is 2.35. The van der Waals surface area contributed by atoms with Gasteiger partial charge in [0.2, 0.25) is 0 Å². The van der Waals surface area contributed by atoms with E-state index in [1.54, 1.807) is 0 Å². The lowest BCUT2D eigenvalue weighted by molar-refractivity contribution is -0.00264. The quantitative estimate of drug-likeness (QED) is 0.600. The van der Waals surface area contributed by atoms with Gasteiger partial charge in [0.1, 0.15) is 0 Å². The van der Waals surface area contributed by atoms with Crippen LogP contribution in [0.15, 0.2) is 29.3 Å². The number of ether oxygens (including phenoxy) is 1. The number of halogens is 1. The van der Waals surface area contributed by atoms with Crippen molar-refractivity contribution in [3.8, 4) is 0 Å². The first-order valence-corrected chi connectivity index (χ1v) is 10.7. The maximum atomic E-state index is 6.38. The predicted octanol–water partition coefficient (Wildman–Crippen LogP) is 2.54. The number of nitrogens with zero attached hydrogens (tertiary/aromatic N) is 4. The van der Waals surface area contributed by atoms with Gasteiger partial charge in [0.25, 0.3) is 0 Å². The number of anilines is 1. The fourth-order valence-corrected chi connectivity index (χ4v) is 4.27. The Balaban J connectivity index is 1.66. The van der Waals surface area contributed by atoms with Crippen LogP contribution in [0.5, 0.6) is 0 Å². The Bertz CT molecular complexity index is 652. The molecular formula is C21H34ClN5O. The summed E-state index contributed by atoms with van der Waals surface area (Å²) in [5.74, 6) is 1.02. The normalized spacial score (nSPS) is 20.5. The van der Waals surface area contributed by atoms with Crippen molar-refractivity contribution in [2.24, 2.45) is 4.99 Å². The number of hydrogen-bond acceptors (Lipinski definition) is 4. The second-order valence-electron chi connectivity index (χ2n) is 7.83. The zero-order chi connectivity index (χ0) is 20.0. The van der Waals surface area contributed by atoms with Crippen LogP contribution in [0.1, 0.15) is 19.8 Å². The van der Waals surface area contributed by atoms with Crippen LogP contribution in [0.3, 0.4) is 0 Å². The Morgan fingerprint density at radius 1 is 1.18 bits per heavy atom. The van der Waals surface area contributed by atoms with Crippen molar-refractivity contribution in [2.75, 3.05) is 71.5 Å². The number of nitrogens with one attached hydrogen (secondary N) is 1. The van der Waals surface area contributed by atoms with Crippen molar-refractivity contribution in [3.05, 3.63) is 29.3 Å². The van der Waals surface area contributed by atoms with Gasteiger partial charge in [0, 0.05) is 51.5 Å². The van der Waals surface area contributed by atoms with E-state index in [4.69, 9.17) is 21.3 Å². The van der Waals surface area contributed by atoms with Crippen LogP contribution < -0.4 is 10.2 Å². The number of likely N-dealkylation sites (N-methyl/N-ethyl adjacent to an activating group) is 1. The zero-order valence-corrected chi connectivity index (χ0v) is 18.2. The molecular weight excluding hydrogens is 374 g/mol. The van der Waals surface area contributed by atoms with Gasteiger partial charge < -0.3 is 24.8 Å². The van der Waals surface area contributed by atoms with Gasteiger partial charge in [0.05, 0.1) is 17.3 Å². The van der Waals surface area contributed by atoms with Crippen LogP contribution >= 0.6 is 11.6 Å². The van der Waals surface area contributed by atoms with Gasteiger partial charge in [-0.05, 0) is 46.0 Å². The summed E-state index contributed by atoms with van der Waals surface area (Å²) in [6, 6.07) is 8.09. The highest BCUT2D eigenvalue weighted by atomic mass is 35.5. The van der Waals surface area contributed by atoms with Gasteiger partial charge >= 0.3 is 0 Å². The Labute approximate surface area is 174 Å². The minimum absolute atomic E-state index is 0.0955. The van der Waals surface area contributed by atoms with E-state index in [0.717, 1.165) is 82.0 Å². The third kappa shape index (κ3) is 4.91. The molecule has 0 unspecified atom stereocenters. The predicted molar refractivity (Wildman–Crippen MR) is 118 cm³/mol. The minimum Gasteiger partial charge on any atom is -0.381 e. The molecule has 2 heterocycles. The molecule has 7 heteroatoms. The number of piperazine rings is 1. The molecule has 0 saturated carbocycles. The molecule has 3 rings (SSSR count). The third-order valence-corrected chi connectivity index (χ3v) is 6.32. The van der Waals surface area contributed by atoms with Crippen LogP contribution in [0.25, 0.3) is 0 Å². The zero-order valence-electron chi connectivity index (χ0n) is 17.5. The van der Waals surface area contributed by atoms with E-state index in [1.165, 1.54) is 0 Å². The minimum atomic E-state index is 0.0955. The molecule has 2 fully saturated rings. The fraction of sp³-hybridized carbons (Fsp3) is 0.667. The molecule has 2 saturated heterocycles. The number of benzene rings is 1. The molecule has 1 aromatic carbocycles. The second-order valence-corrected chi connectivity index (χ2v) is 8.23. The molecule has 0 bridgehead atoms. The van der Waals surface area contributed by atoms with Crippen molar-refractivity contribution in [2.45, 2.75) is 25.3 Å². The molecule has 6 nitrogen and oxygen atoms in total. The maximum absolute atomic E-state index is 6.38. The molecule has 1 aromatic rings. The molecule has 0 amide bonds. The Morgan fingerprint density at radius 3 is 2.46 bits per heavy atom. The summed E-state index contributed by atoms with van der Waals surface area (Å²) in [4.78, 5) is 12.1. The standard InChI is InChI=1S/C21H34ClN5O/c1-4-23-20(24-17-21(25(2)3)9-15-28-16-10-21)27-13-11-26(12-14-27)19-8-6-5-7-18(19)22/h5-8H,4,9-17H2,1-3H3,(H,23,24). The maximum Gasteiger partial charge on any atom is 0.194 e. The first kappa shape index (κ1) is 21.2. The topological polar surface area (TPSA) is 43.3 Å². The van der Waals surface area contributed by atoms with Gasteiger partial charge in [-0.1, -0.05) is 23.7 Å².